The number of aromatic nitrogens is 2. The maximum atomic E-state index is 6.21. The monoisotopic (exact) mass is 430 g/mol. The number of nitrogens with zero attached hydrogens (tertiary/aromatic N) is 2. The van der Waals surface area contributed by atoms with E-state index < -0.39 is 0 Å². The lowest BCUT2D eigenvalue weighted by atomic mass is 10.1. The molecule has 0 atom stereocenters. The van der Waals surface area contributed by atoms with Gasteiger partial charge in [0.15, 0.2) is 22.4 Å². The van der Waals surface area contributed by atoms with Crippen molar-refractivity contribution in [1.82, 2.24) is 15.1 Å². The van der Waals surface area contributed by atoms with Crippen LogP contribution >= 0.6 is 23.8 Å². The summed E-state index contributed by atoms with van der Waals surface area (Å²) in [5, 5.41) is 12.0. The molecule has 0 spiro atoms. The van der Waals surface area contributed by atoms with E-state index in [-0.39, 0.29) is 0 Å². The molecule has 0 fully saturated rings. The Morgan fingerprint density at radius 1 is 1.10 bits per heavy atom. The summed E-state index contributed by atoms with van der Waals surface area (Å²) in [6.07, 6.45) is 2.68. The Morgan fingerprint density at radius 2 is 1.90 bits per heavy atom. The van der Waals surface area contributed by atoms with Crippen LogP contribution in [-0.4, -0.2) is 35.7 Å². The molecule has 3 aromatic rings. The van der Waals surface area contributed by atoms with Crippen molar-refractivity contribution < 1.29 is 9.47 Å². The molecule has 0 bridgehead atoms. The summed E-state index contributed by atoms with van der Waals surface area (Å²) in [5.41, 5.74) is 2.14. The van der Waals surface area contributed by atoms with Crippen LogP contribution in [0.2, 0.25) is 5.02 Å². The van der Waals surface area contributed by atoms with Crippen molar-refractivity contribution in [3.8, 4) is 11.5 Å². The molecule has 1 aromatic heterocycles. The van der Waals surface area contributed by atoms with Crippen molar-refractivity contribution in [2.75, 3.05) is 26.1 Å². The standard InChI is InChI=1S/C21H23ClN4O2S/c1-27-18-8-7-15(13-19(18)28-2)9-11-23-21(29)24-20-10-12-26(25-20)14-16-5-3-4-6-17(16)22/h3-8,10,12-13H,9,11,14H2,1-2H3,(H2,23,24,25,29). The molecule has 0 radical (unpaired) electrons. The zero-order valence-corrected chi connectivity index (χ0v) is 17.9. The van der Waals surface area contributed by atoms with Gasteiger partial charge in [-0.05, 0) is 48.0 Å². The van der Waals surface area contributed by atoms with Crippen LogP contribution < -0.4 is 20.1 Å². The predicted molar refractivity (Wildman–Crippen MR) is 120 cm³/mol. The van der Waals surface area contributed by atoms with Gasteiger partial charge in [0, 0.05) is 23.8 Å². The number of ether oxygens (including phenoxy) is 2. The molecule has 29 heavy (non-hydrogen) atoms. The Balaban J connectivity index is 1.48. The minimum atomic E-state index is 0.522. The minimum absolute atomic E-state index is 0.522. The van der Waals surface area contributed by atoms with Gasteiger partial charge in [0.05, 0.1) is 20.8 Å². The van der Waals surface area contributed by atoms with E-state index in [4.69, 9.17) is 33.3 Å². The molecule has 2 N–H and O–H groups in total. The fourth-order valence-electron chi connectivity index (χ4n) is 2.83. The van der Waals surface area contributed by atoms with E-state index in [9.17, 15) is 0 Å². The van der Waals surface area contributed by atoms with Crippen LogP contribution in [0.1, 0.15) is 11.1 Å². The molecule has 0 aliphatic carbocycles. The van der Waals surface area contributed by atoms with Gasteiger partial charge in [0.25, 0.3) is 0 Å². The van der Waals surface area contributed by atoms with Crippen LogP contribution in [0.5, 0.6) is 11.5 Å². The van der Waals surface area contributed by atoms with E-state index in [1.54, 1.807) is 14.2 Å². The maximum absolute atomic E-state index is 6.21. The van der Waals surface area contributed by atoms with Crippen LogP contribution in [-0.2, 0) is 13.0 Å². The molecule has 0 aliphatic rings. The fourth-order valence-corrected chi connectivity index (χ4v) is 3.24. The summed E-state index contributed by atoms with van der Waals surface area (Å²) >= 11 is 11.6. The van der Waals surface area contributed by atoms with Crippen molar-refractivity contribution in [1.29, 1.82) is 0 Å². The Kier molecular flexibility index (Phi) is 7.32. The van der Waals surface area contributed by atoms with E-state index in [0.29, 0.717) is 29.8 Å². The highest BCUT2D eigenvalue weighted by molar-refractivity contribution is 7.80. The van der Waals surface area contributed by atoms with Gasteiger partial charge in [-0.3, -0.25) is 4.68 Å². The van der Waals surface area contributed by atoms with Gasteiger partial charge in [-0.15, -0.1) is 0 Å². The molecule has 0 aliphatic heterocycles. The molecule has 2 aromatic carbocycles. The summed E-state index contributed by atoms with van der Waals surface area (Å²) in [4.78, 5) is 0. The van der Waals surface area contributed by atoms with Gasteiger partial charge < -0.3 is 20.1 Å². The lowest BCUT2D eigenvalue weighted by Gasteiger charge is -2.11. The SMILES string of the molecule is COc1ccc(CCNC(=S)Nc2ccn(Cc3ccccc3Cl)n2)cc1OC. The third kappa shape index (κ3) is 5.85. The third-order valence-electron chi connectivity index (χ3n) is 4.32. The number of anilines is 1. The molecule has 152 valence electrons. The van der Waals surface area contributed by atoms with E-state index in [0.717, 1.165) is 28.3 Å². The predicted octanol–water partition coefficient (Wildman–Crippen LogP) is 4.13. The molecule has 0 saturated heterocycles. The summed E-state index contributed by atoms with van der Waals surface area (Å²) in [7, 11) is 3.25. The first-order valence-corrected chi connectivity index (χ1v) is 9.90. The molecule has 0 amide bonds. The number of nitrogens with one attached hydrogen (secondary N) is 2. The van der Waals surface area contributed by atoms with Gasteiger partial charge >= 0.3 is 0 Å². The summed E-state index contributed by atoms with van der Waals surface area (Å²) in [6.45, 7) is 1.28. The first-order chi connectivity index (χ1) is 14.1. The second-order valence-corrected chi connectivity index (χ2v) is 7.13. The third-order valence-corrected chi connectivity index (χ3v) is 4.93. The summed E-state index contributed by atoms with van der Waals surface area (Å²) < 4.78 is 12.4. The minimum Gasteiger partial charge on any atom is -0.493 e. The average Bonchev–Trinajstić information content (AvgIpc) is 3.16. The highest BCUT2D eigenvalue weighted by Crippen LogP contribution is 2.27. The number of halogens is 1. The van der Waals surface area contributed by atoms with Crippen molar-refractivity contribution in [2.24, 2.45) is 0 Å². The molecular weight excluding hydrogens is 408 g/mol. The van der Waals surface area contributed by atoms with E-state index in [2.05, 4.69) is 15.7 Å². The Bertz CT molecular complexity index is 977. The van der Waals surface area contributed by atoms with Crippen LogP contribution in [0.4, 0.5) is 5.82 Å². The quantitative estimate of drug-likeness (QED) is 0.524. The molecule has 8 heteroatoms. The number of benzene rings is 2. The normalized spacial score (nSPS) is 10.4. The number of hydrogen-bond acceptors (Lipinski definition) is 4. The molecule has 1 heterocycles. The van der Waals surface area contributed by atoms with Crippen LogP contribution in [0.25, 0.3) is 0 Å². The molecule has 0 unspecified atom stereocenters. The molecule has 0 saturated carbocycles. The zero-order chi connectivity index (χ0) is 20.6. The first-order valence-electron chi connectivity index (χ1n) is 9.11. The van der Waals surface area contributed by atoms with Crippen molar-refractivity contribution in [2.45, 2.75) is 13.0 Å². The lowest BCUT2D eigenvalue weighted by Crippen LogP contribution is -2.30. The van der Waals surface area contributed by atoms with Gasteiger partial charge in [-0.2, -0.15) is 5.10 Å². The van der Waals surface area contributed by atoms with E-state index in [1.165, 1.54) is 0 Å². The Morgan fingerprint density at radius 3 is 2.66 bits per heavy atom. The lowest BCUT2D eigenvalue weighted by molar-refractivity contribution is 0.354. The molecule has 3 rings (SSSR count). The summed E-state index contributed by atoms with van der Waals surface area (Å²) in [6, 6.07) is 15.5. The first kappa shape index (κ1) is 21.0. The summed E-state index contributed by atoms with van der Waals surface area (Å²) in [5.74, 6) is 2.12. The largest absolute Gasteiger partial charge is 0.493 e. The van der Waals surface area contributed by atoms with Gasteiger partial charge in [0.2, 0.25) is 0 Å². The van der Waals surface area contributed by atoms with Crippen molar-refractivity contribution >= 4 is 34.7 Å². The number of thiocarbonyl (C=S) groups is 1. The van der Waals surface area contributed by atoms with Gasteiger partial charge in [-0.25, -0.2) is 0 Å². The number of rotatable bonds is 8. The van der Waals surface area contributed by atoms with Gasteiger partial charge in [-0.1, -0.05) is 35.9 Å². The fraction of sp³-hybridized carbons (Fsp3) is 0.238. The maximum Gasteiger partial charge on any atom is 0.172 e. The highest BCUT2D eigenvalue weighted by atomic mass is 35.5. The van der Waals surface area contributed by atoms with Crippen molar-refractivity contribution in [3.05, 3.63) is 70.9 Å². The zero-order valence-electron chi connectivity index (χ0n) is 16.3. The van der Waals surface area contributed by atoms with E-state index in [1.807, 2.05) is 59.4 Å². The Labute approximate surface area is 180 Å². The van der Waals surface area contributed by atoms with Crippen LogP contribution in [0, 0.1) is 0 Å². The van der Waals surface area contributed by atoms with Gasteiger partial charge in [0.1, 0.15) is 0 Å². The van der Waals surface area contributed by atoms with Crippen LogP contribution in [0.15, 0.2) is 54.7 Å². The smallest absolute Gasteiger partial charge is 0.172 e. The molecule has 6 nitrogen and oxygen atoms in total. The topological polar surface area (TPSA) is 60.3 Å². The number of methoxy groups -OCH3 is 2. The highest BCUT2D eigenvalue weighted by Gasteiger charge is 2.06. The van der Waals surface area contributed by atoms with Crippen molar-refractivity contribution in [3.63, 3.8) is 0 Å². The van der Waals surface area contributed by atoms with E-state index >= 15 is 0 Å². The van der Waals surface area contributed by atoms with Crippen LogP contribution in [0.3, 0.4) is 0 Å². The average molecular weight is 431 g/mol. The Hall–Kier alpha value is -2.77. The second-order valence-electron chi connectivity index (χ2n) is 6.31. The molecular formula is C21H23ClN4O2S. The number of hydrogen-bond donors (Lipinski definition) is 2. The second kappa shape index (κ2) is 10.1.